The zero-order valence-corrected chi connectivity index (χ0v) is 15.8. The minimum Gasteiger partial charge on any atom is -0.377 e. The van der Waals surface area contributed by atoms with E-state index >= 15 is 0 Å². The summed E-state index contributed by atoms with van der Waals surface area (Å²) in [7, 11) is 3.54. The van der Waals surface area contributed by atoms with Gasteiger partial charge < -0.3 is 4.90 Å². The Hall–Kier alpha value is -2.81. The molecule has 0 bridgehead atoms. The maximum Gasteiger partial charge on any atom is 0.270 e. The lowest BCUT2D eigenvalue weighted by atomic mass is 10.0. The number of carbonyl (C=O) groups is 2. The zero-order valence-electron chi connectivity index (χ0n) is 15.0. The van der Waals surface area contributed by atoms with Crippen LogP contribution in [0.25, 0.3) is 6.08 Å². The SMILES string of the molecule is CCC(C)N1C(=O)/C(=C\c2cc([N+](=O)[O-])ccc2N(C)C)C(=O)NC1=S. The van der Waals surface area contributed by atoms with Gasteiger partial charge in [-0.3, -0.25) is 29.9 Å². The fourth-order valence-electron chi connectivity index (χ4n) is 2.59. The Kier molecular flexibility index (Phi) is 5.71. The van der Waals surface area contributed by atoms with Crippen LogP contribution in [0.15, 0.2) is 23.8 Å². The molecule has 9 heteroatoms. The second-order valence-electron chi connectivity index (χ2n) is 6.14. The maximum atomic E-state index is 12.8. The van der Waals surface area contributed by atoms with Crippen molar-refractivity contribution in [3.63, 3.8) is 0 Å². The van der Waals surface area contributed by atoms with Crippen LogP contribution in [-0.4, -0.2) is 46.9 Å². The average Bonchev–Trinajstić information content (AvgIpc) is 2.57. The third-order valence-electron chi connectivity index (χ3n) is 4.17. The Morgan fingerprint density at radius 3 is 2.58 bits per heavy atom. The molecule has 0 aromatic heterocycles. The Morgan fingerprint density at radius 1 is 1.38 bits per heavy atom. The van der Waals surface area contributed by atoms with Gasteiger partial charge in [0.2, 0.25) is 0 Å². The van der Waals surface area contributed by atoms with Crippen molar-refractivity contribution in [2.24, 2.45) is 0 Å². The summed E-state index contributed by atoms with van der Waals surface area (Å²) in [6.07, 6.45) is 2.03. The van der Waals surface area contributed by atoms with Crippen molar-refractivity contribution in [2.45, 2.75) is 26.3 Å². The molecule has 1 unspecified atom stereocenters. The molecule has 1 aliphatic rings. The minimum absolute atomic E-state index is 0.0679. The number of nitro groups is 1. The minimum atomic E-state index is -0.615. The monoisotopic (exact) mass is 376 g/mol. The summed E-state index contributed by atoms with van der Waals surface area (Å²) in [5.74, 6) is -1.12. The quantitative estimate of drug-likeness (QED) is 0.278. The Balaban J connectivity index is 2.57. The third kappa shape index (κ3) is 3.72. The second kappa shape index (κ2) is 7.61. The van der Waals surface area contributed by atoms with Crippen molar-refractivity contribution in [1.82, 2.24) is 10.2 Å². The molecular formula is C17H20N4O4S. The molecule has 1 heterocycles. The van der Waals surface area contributed by atoms with E-state index in [0.29, 0.717) is 17.7 Å². The highest BCUT2D eigenvalue weighted by atomic mass is 32.1. The van der Waals surface area contributed by atoms with Crippen LogP contribution >= 0.6 is 12.2 Å². The Bertz CT molecular complexity index is 819. The predicted octanol–water partition coefficient (Wildman–Crippen LogP) is 2.09. The molecule has 138 valence electrons. The van der Waals surface area contributed by atoms with Crippen molar-refractivity contribution in [3.05, 3.63) is 39.4 Å². The van der Waals surface area contributed by atoms with Gasteiger partial charge in [-0.15, -0.1) is 0 Å². The molecule has 1 aliphatic heterocycles. The first-order valence-electron chi connectivity index (χ1n) is 8.03. The Labute approximate surface area is 156 Å². The van der Waals surface area contributed by atoms with Crippen LogP contribution < -0.4 is 10.2 Å². The molecule has 0 radical (unpaired) electrons. The number of rotatable bonds is 5. The normalized spacial score (nSPS) is 17.3. The number of thiocarbonyl (C=S) groups is 1. The van der Waals surface area contributed by atoms with Crippen LogP contribution in [0.4, 0.5) is 11.4 Å². The van der Waals surface area contributed by atoms with Crippen LogP contribution in [0.1, 0.15) is 25.8 Å². The topological polar surface area (TPSA) is 95.8 Å². The summed E-state index contributed by atoms with van der Waals surface area (Å²) < 4.78 is 0. The van der Waals surface area contributed by atoms with E-state index in [9.17, 15) is 19.7 Å². The van der Waals surface area contributed by atoms with Crippen molar-refractivity contribution in [2.75, 3.05) is 19.0 Å². The van der Waals surface area contributed by atoms with Gasteiger partial charge in [-0.05, 0) is 37.7 Å². The highest BCUT2D eigenvalue weighted by Crippen LogP contribution is 2.27. The lowest BCUT2D eigenvalue weighted by Crippen LogP contribution is -2.56. The van der Waals surface area contributed by atoms with Crippen LogP contribution in [0, 0.1) is 10.1 Å². The molecule has 8 nitrogen and oxygen atoms in total. The van der Waals surface area contributed by atoms with Gasteiger partial charge >= 0.3 is 0 Å². The molecule has 1 saturated heterocycles. The summed E-state index contributed by atoms with van der Waals surface area (Å²) in [5.41, 5.74) is 0.814. The number of hydrogen-bond donors (Lipinski definition) is 1. The summed E-state index contributed by atoms with van der Waals surface area (Å²) >= 11 is 5.11. The molecule has 1 aromatic carbocycles. The van der Waals surface area contributed by atoms with Gasteiger partial charge in [0.25, 0.3) is 17.5 Å². The molecule has 1 aromatic rings. The van der Waals surface area contributed by atoms with Gasteiger partial charge in [0.05, 0.1) is 4.92 Å². The van der Waals surface area contributed by atoms with Gasteiger partial charge in [-0.25, -0.2) is 0 Å². The molecule has 26 heavy (non-hydrogen) atoms. The largest absolute Gasteiger partial charge is 0.377 e. The summed E-state index contributed by atoms with van der Waals surface area (Å²) in [6, 6.07) is 4.11. The number of hydrogen-bond acceptors (Lipinski definition) is 6. The van der Waals surface area contributed by atoms with E-state index in [0.717, 1.165) is 0 Å². The van der Waals surface area contributed by atoms with E-state index in [1.54, 1.807) is 25.1 Å². The van der Waals surface area contributed by atoms with E-state index in [1.807, 2.05) is 13.8 Å². The highest BCUT2D eigenvalue weighted by Gasteiger charge is 2.35. The van der Waals surface area contributed by atoms with Crippen LogP contribution in [-0.2, 0) is 9.59 Å². The van der Waals surface area contributed by atoms with Gasteiger partial charge in [0.1, 0.15) is 5.57 Å². The number of non-ortho nitro benzene ring substituents is 1. The third-order valence-corrected chi connectivity index (χ3v) is 4.47. The van der Waals surface area contributed by atoms with E-state index in [-0.39, 0.29) is 22.4 Å². The van der Waals surface area contributed by atoms with Crippen molar-refractivity contribution in [3.8, 4) is 0 Å². The predicted molar refractivity (Wildman–Crippen MR) is 103 cm³/mol. The number of anilines is 1. The van der Waals surface area contributed by atoms with Crippen molar-refractivity contribution >= 4 is 46.6 Å². The standard InChI is InChI=1S/C17H20N4O4S/c1-5-10(2)20-16(23)13(15(22)18-17(20)26)9-11-8-12(21(24)25)6-7-14(11)19(3)4/h6-10H,5H2,1-4H3,(H,18,22,26)/b13-9-. The average molecular weight is 376 g/mol. The molecule has 0 saturated carbocycles. The first kappa shape index (κ1) is 19.5. The fraction of sp³-hybridized carbons (Fsp3) is 0.353. The lowest BCUT2D eigenvalue weighted by molar-refractivity contribution is -0.384. The summed E-state index contributed by atoms with van der Waals surface area (Å²) in [6.45, 7) is 3.74. The highest BCUT2D eigenvalue weighted by molar-refractivity contribution is 7.80. The van der Waals surface area contributed by atoms with Crippen molar-refractivity contribution in [1.29, 1.82) is 0 Å². The number of benzene rings is 1. The number of nitro benzene ring substituents is 1. The lowest BCUT2D eigenvalue weighted by Gasteiger charge is -2.33. The maximum absolute atomic E-state index is 12.8. The molecule has 0 aliphatic carbocycles. The second-order valence-corrected chi connectivity index (χ2v) is 6.53. The Morgan fingerprint density at radius 2 is 2.04 bits per heavy atom. The van der Waals surface area contributed by atoms with Crippen LogP contribution in [0.5, 0.6) is 0 Å². The number of nitrogens with zero attached hydrogens (tertiary/aromatic N) is 3. The number of nitrogens with one attached hydrogen (secondary N) is 1. The fourth-order valence-corrected chi connectivity index (χ4v) is 2.94. The molecule has 2 amide bonds. The molecular weight excluding hydrogens is 356 g/mol. The van der Waals surface area contributed by atoms with E-state index in [2.05, 4.69) is 5.32 Å². The molecule has 1 fully saturated rings. The number of carbonyl (C=O) groups excluding carboxylic acids is 2. The van der Waals surface area contributed by atoms with Gasteiger partial charge in [0.15, 0.2) is 5.11 Å². The first-order chi connectivity index (χ1) is 12.2. The van der Waals surface area contributed by atoms with Gasteiger partial charge in [0, 0.05) is 43.5 Å². The zero-order chi connectivity index (χ0) is 19.6. The van der Waals surface area contributed by atoms with Crippen LogP contribution in [0.2, 0.25) is 0 Å². The smallest absolute Gasteiger partial charge is 0.270 e. The molecule has 0 spiro atoms. The summed E-state index contributed by atoms with van der Waals surface area (Å²) in [5, 5.41) is 13.7. The molecule has 1 N–H and O–H groups in total. The van der Waals surface area contributed by atoms with E-state index < -0.39 is 16.7 Å². The molecule has 1 atom stereocenters. The first-order valence-corrected chi connectivity index (χ1v) is 8.44. The van der Waals surface area contributed by atoms with Gasteiger partial charge in [-0.1, -0.05) is 6.92 Å². The number of amides is 2. The van der Waals surface area contributed by atoms with E-state index in [1.165, 1.54) is 23.1 Å². The van der Waals surface area contributed by atoms with Gasteiger partial charge in [-0.2, -0.15) is 0 Å². The van der Waals surface area contributed by atoms with E-state index in [4.69, 9.17) is 12.2 Å². The van der Waals surface area contributed by atoms with Crippen LogP contribution in [0.3, 0.4) is 0 Å². The van der Waals surface area contributed by atoms with Crippen molar-refractivity contribution < 1.29 is 14.5 Å². The molecule has 2 rings (SSSR count). The summed E-state index contributed by atoms with van der Waals surface area (Å²) in [4.78, 5) is 38.8.